The van der Waals surface area contributed by atoms with E-state index in [1.54, 1.807) is 30.3 Å². The maximum atomic E-state index is 13.0. The van der Waals surface area contributed by atoms with Crippen molar-refractivity contribution in [3.05, 3.63) is 84.5 Å². The van der Waals surface area contributed by atoms with E-state index in [-0.39, 0.29) is 23.5 Å². The first-order valence-corrected chi connectivity index (χ1v) is 9.63. The molecule has 0 aliphatic rings. The summed E-state index contributed by atoms with van der Waals surface area (Å²) in [4.78, 5) is 12.6. The minimum absolute atomic E-state index is 0.0304. The Bertz CT molecular complexity index is 942. The Labute approximate surface area is 167 Å². The largest absolute Gasteiger partial charge is 0.486 e. The highest BCUT2D eigenvalue weighted by Crippen LogP contribution is 2.25. The van der Waals surface area contributed by atoms with Crippen molar-refractivity contribution >= 4 is 17.5 Å². The third-order valence-corrected chi connectivity index (χ3v) is 5.08. The van der Waals surface area contributed by atoms with Gasteiger partial charge < -0.3 is 4.74 Å². The summed E-state index contributed by atoms with van der Waals surface area (Å²) in [5.74, 6) is 0.850. The number of thioether (sulfide) groups is 1. The SMILES string of the molecule is C=CCn1c(COc2ccc(F)cc2)nnc1SC(C)C(=O)c1ccccc1. The molecule has 0 fully saturated rings. The fraction of sp³-hybridized carbons (Fsp3) is 0.190. The predicted octanol–water partition coefficient (Wildman–Crippen LogP) is 4.55. The van der Waals surface area contributed by atoms with Gasteiger partial charge in [-0.1, -0.05) is 48.2 Å². The zero-order valence-electron chi connectivity index (χ0n) is 15.4. The summed E-state index contributed by atoms with van der Waals surface area (Å²) in [6.45, 7) is 6.29. The molecule has 0 N–H and O–H groups in total. The number of carbonyl (C=O) groups is 1. The van der Waals surface area contributed by atoms with Crippen LogP contribution in [-0.4, -0.2) is 25.8 Å². The average Bonchev–Trinajstić information content (AvgIpc) is 3.09. The molecule has 5 nitrogen and oxygen atoms in total. The fourth-order valence-electron chi connectivity index (χ4n) is 2.55. The fourth-order valence-corrected chi connectivity index (χ4v) is 3.51. The van der Waals surface area contributed by atoms with Crippen molar-refractivity contribution in [1.82, 2.24) is 14.8 Å². The Balaban J connectivity index is 1.71. The van der Waals surface area contributed by atoms with E-state index < -0.39 is 0 Å². The van der Waals surface area contributed by atoms with Crippen LogP contribution in [0.5, 0.6) is 5.75 Å². The molecule has 0 aliphatic heterocycles. The number of aromatic nitrogens is 3. The predicted molar refractivity (Wildman–Crippen MR) is 107 cm³/mol. The summed E-state index contributed by atoms with van der Waals surface area (Å²) < 4.78 is 20.5. The molecule has 1 atom stereocenters. The second-order valence-corrected chi connectivity index (χ2v) is 7.34. The number of ether oxygens (including phenoxy) is 1. The quantitative estimate of drug-likeness (QED) is 0.301. The summed E-state index contributed by atoms with van der Waals surface area (Å²) in [5.41, 5.74) is 0.664. The molecule has 0 radical (unpaired) electrons. The summed E-state index contributed by atoms with van der Waals surface area (Å²) in [5, 5.41) is 8.70. The lowest BCUT2D eigenvalue weighted by Crippen LogP contribution is -2.15. The van der Waals surface area contributed by atoms with Gasteiger partial charge in [-0.15, -0.1) is 16.8 Å². The Morgan fingerprint density at radius 3 is 2.61 bits per heavy atom. The van der Waals surface area contributed by atoms with Crippen LogP contribution in [0.2, 0.25) is 0 Å². The van der Waals surface area contributed by atoms with Crippen molar-refractivity contribution in [2.75, 3.05) is 0 Å². The standard InChI is InChI=1S/C21H20FN3O2S/c1-3-13-25-19(14-27-18-11-9-17(22)10-12-18)23-24-21(25)28-15(2)20(26)16-7-5-4-6-8-16/h3-12,15H,1,13-14H2,2H3. The molecule has 1 unspecified atom stereocenters. The summed E-state index contributed by atoms with van der Waals surface area (Å²) in [6.07, 6.45) is 1.73. The third kappa shape index (κ3) is 4.86. The molecule has 0 saturated heterocycles. The molecule has 0 amide bonds. The maximum absolute atomic E-state index is 13.0. The topological polar surface area (TPSA) is 57.0 Å². The van der Waals surface area contributed by atoms with E-state index in [2.05, 4.69) is 16.8 Å². The number of hydrogen-bond donors (Lipinski definition) is 0. The van der Waals surface area contributed by atoms with E-state index in [1.807, 2.05) is 29.7 Å². The van der Waals surface area contributed by atoms with Crippen LogP contribution in [0.25, 0.3) is 0 Å². The van der Waals surface area contributed by atoms with Crippen molar-refractivity contribution in [2.45, 2.75) is 30.5 Å². The summed E-state index contributed by atoms with van der Waals surface area (Å²) in [7, 11) is 0. The van der Waals surface area contributed by atoms with E-state index in [0.29, 0.717) is 28.8 Å². The van der Waals surface area contributed by atoms with Gasteiger partial charge in [-0.05, 0) is 31.2 Å². The number of rotatable bonds is 9. The smallest absolute Gasteiger partial charge is 0.192 e. The summed E-state index contributed by atoms with van der Waals surface area (Å²) >= 11 is 1.34. The second-order valence-electron chi connectivity index (χ2n) is 6.03. The molecular weight excluding hydrogens is 377 g/mol. The zero-order chi connectivity index (χ0) is 19.9. The highest BCUT2D eigenvalue weighted by atomic mass is 32.2. The van der Waals surface area contributed by atoms with Crippen molar-refractivity contribution < 1.29 is 13.9 Å². The lowest BCUT2D eigenvalue weighted by molar-refractivity contribution is 0.0994. The van der Waals surface area contributed by atoms with Crippen molar-refractivity contribution in [3.8, 4) is 5.75 Å². The summed E-state index contributed by atoms with van der Waals surface area (Å²) in [6, 6.07) is 14.9. The molecule has 0 spiro atoms. The normalized spacial score (nSPS) is 11.8. The molecule has 1 heterocycles. The van der Waals surface area contributed by atoms with Gasteiger partial charge >= 0.3 is 0 Å². The van der Waals surface area contributed by atoms with Gasteiger partial charge in [-0.3, -0.25) is 9.36 Å². The van der Waals surface area contributed by atoms with Crippen LogP contribution in [0.3, 0.4) is 0 Å². The number of halogens is 1. The van der Waals surface area contributed by atoms with Crippen LogP contribution in [0.1, 0.15) is 23.1 Å². The first-order chi connectivity index (χ1) is 13.6. The number of allylic oxidation sites excluding steroid dienone is 1. The number of ketones is 1. The maximum Gasteiger partial charge on any atom is 0.192 e. The van der Waals surface area contributed by atoms with Gasteiger partial charge in [0.15, 0.2) is 16.8 Å². The molecule has 144 valence electrons. The van der Waals surface area contributed by atoms with Crippen LogP contribution in [0.15, 0.2) is 72.4 Å². The molecule has 1 aromatic heterocycles. The Hall–Kier alpha value is -2.93. The molecule has 3 rings (SSSR count). The van der Waals surface area contributed by atoms with Gasteiger partial charge in [0.25, 0.3) is 0 Å². The Morgan fingerprint density at radius 1 is 1.21 bits per heavy atom. The lowest BCUT2D eigenvalue weighted by atomic mass is 10.1. The number of carbonyl (C=O) groups excluding carboxylic acids is 1. The van der Waals surface area contributed by atoms with E-state index in [0.717, 1.165) is 0 Å². The number of nitrogens with zero attached hydrogens (tertiary/aromatic N) is 3. The molecule has 0 bridgehead atoms. The second kappa shape index (κ2) is 9.32. The van der Waals surface area contributed by atoms with Crippen LogP contribution in [-0.2, 0) is 13.2 Å². The minimum Gasteiger partial charge on any atom is -0.486 e. The molecule has 0 aliphatic carbocycles. The van der Waals surface area contributed by atoms with Crippen molar-refractivity contribution in [2.24, 2.45) is 0 Å². The van der Waals surface area contributed by atoms with E-state index >= 15 is 0 Å². The van der Waals surface area contributed by atoms with E-state index in [1.165, 1.54) is 23.9 Å². The number of Topliss-reactive ketones (excluding diaryl/α,β-unsaturated/α-hetero) is 1. The van der Waals surface area contributed by atoms with Crippen LogP contribution in [0.4, 0.5) is 4.39 Å². The van der Waals surface area contributed by atoms with E-state index in [4.69, 9.17) is 4.74 Å². The van der Waals surface area contributed by atoms with Gasteiger partial charge in [0.2, 0.25) is 0 Å². The Morgan fingerprint density at radius 2 is 1.93 bits per heavy atom. The molecule has 28 heavy (non-hydrogen) atoms. The average molecular weight is 397 g/mol. The zero-order valence-corrected chi connectivity index (χ0v) is 16.2. The van der Waals surface area contributed by atoms with Crippen LogP contribution < -0.4 is 4.74 Å². The lowest BCUT2D eigenvalue weighted by Gasteiger charge is -2.12. The minimum atomic E-state index is -0.321. The highest BCUT2D eigenvalue weighted by Gasteiger charge is 2.21. The van der Waals surface area contributed by atoms with Crippen LogP contribution >= 0.6 is 11.8 Å². The molecule has 0 saturated carbocycles. The third-order valence-electron chi connectivity index (χ3n) is 4.00. The van der Waals surface area contributed by atoms with Crippen molar-refractivity contribution in [1.29, 1.82) is 0 Å². The van der Waals surface area contributed by atoms with Gasteiger partial charge in [-0.25, -0.2) is 4.39 Å². The van der Waals surface area contributed by atoms with E-state index in [9.17, 15) is 9.18 Å². The Kier molecular flexibility index (Phi) is 6.60. The van der Waals surface area contributed by atoms with Gasteiger partial charge in [0, 0.05) is 12.1 Å². The monoisotopic (exact) mass is 397 g/mol. The van der Waals surface area contributed by atoms with Gasteiger partial charge in [-0.2, -0.15) is 0 Å². The number of benzene rings is 2. The molecule has 2 aromatic carbocycles. The van der Waals surface area contributed by atoms with Gasteiger partial charge in [0.05, 0.1) is 5.25 Å². The molecule has 7 heteroatoms. The molecular formula is C21H20FN3O2S. The first-order valence-electron chi connectivity index (χ1n) is 8.75. The highest BCUT2D eigenvalue weighted by molar-refractivity contribution is 8.00. The van der Waals surface area contributed by atoms with Crippen molar-refractivity contribution in [3.63, 3.8) is 0 Å². The first kappa shape index (κ1) is 19.8. The van der Waals surface area contributed by atoms with Crippen LogP contribution in [0, 0.1) is 5.82 Å². The molecule has 3 aromatic rings. The van der Waals surface area contributed by atoms with Gasteiger partial charge in [0.1, 0.15) is 18.2 Å². The number of hydrogen-bond acceptors (Lipinski definition) is 5.